The Morgan fingerprint density at radius 1 is 1.37 bits per heavy atom. The van der Waals surface area contributed by atoms with Gasteiger partial charge in [0.15, 0.2) is 5.78 Å². The van der Waals surface area contributed by atoms with Crippen LogP contribution in [0.25, 0.3) is 10.9 Å². The van der Waals surface area contributed by atoms with E-state index in [4.69, 9.17) is 4.74 Å². The topological polar surface area (TPSA) is 59.2 Å². The minimum atomic E-state index is -0.380. The van der Waals surface area contributed by atoms with Crippen molar-refractivity contribution in [1.29, 1.82) is 0 Å². The number of aromatic nitrogens is 1. The lowest BCUT2D eigenvalue weighted by molar-refractivity contribution is 0.0526. The second kappa shape index (κ2) is 5.52. The molecule has 0 saturated heterocycles. The highest BCUT2D eigenvalue weighted by Crippen LogP contribution is 2.21. The molecule has 0 saturated carbocycles. The van der Waals surface area contributed by atoms with Crippen LogP contribution in [0.5, 0.6) is 0 Å². The monoisotopic (exact) mass is 257 g/mol. The fourth-order valence-electron chi connectivity index (χ4n) is 1.91. The number of carbonyl (C=O) groups excluding carboxylic acids is 2. The first-order valence-electron chi connectivity index (χ1n) is 6.12. The van der Waals surface area contributed by atoms with Crippen LogP contribution in [0.15, 0.2) is 36.5 Å². The van der Waals surface area contributed by atoms with Crippen molar-refractivity contribution in [3.8, 4) is 0 Å². The van der Waals surface area contributed by atoms with Gasteiger partial charge in [0.2, 0.25) is 0 Å². The van der Waals surface area contributed by atoms with E-state index in [9.17, 15) is 9.59 Å². The summed E-state index contributed by atoms with van der Waals surface area (Å²) in [6, 6.07) is 5.13. The molecule has 1 aromatic carbocycles. The maximum absolute atomic E-state index is 11.9. The summed E-state index contributed by atoms with van der Waals surface area (Å²) in [5.41, 5.74) is 1.82. The van der Waals surface area contributed by atoms with E-state index in [-0.39, 0.29) is 11.8 Å². The molecule has 0 atom stereocenters. The number of carbonyl (C=O) groups is 2. The maximum atomic E-state index is 11.9. The van der Waals surface area contributed by atoms with Crippen LogP contribution in [0.2, 0.25) is 0 Å². The van der Waals surface area contributed by atoms with E-state index in [1.807, 2.05) is 0 Å². The minimum Gasteiger partial charge on any atom is -0.462 e. The highest BCUT2D eigenvalue weighted by molar-refractivity contribution is 6.14. The lowest BCUT2D eigenvalue weighted by Crippen LogP contribution is -2.04. The van der Waals surface area contributed by atoms with Crippen molar-refractivity contribution in [3.05, 3.63) is 47.7 Å². The number of fused-ring (bicyclic) bond motifs is 1. The molecule has 1 heterocycles. The van der Waals surface area contributed by atoms with E-state index in [0.717, 1.165) is 10.9 Å². The summed E-state index contributed by atoms with van der Waals surface area (Å²) in [7, 11) is 0. The molecule has 0 fully saturated rings. The van der Waals surface area contributed by atoms with Gasteiger partial charge in [-0.25, -0.2) is 4.79 Å². The van der Waals surface area contributed by atoms with Crippen LogP contribution >= 0.6 is 0 Å². The SMILES string of the molecule is C/C=C/C(=O)c1c[nH]c2ccc(C(=O)OCC)cc12. The molecule has 98 valence electrons. The number of rotatable bonds is 4. The van der Waals surface area contributed by atoms with Gasteiger partial charge in [0.1, 0.15) is 0 Å². The van der Waals surface area contributed by atoms with Crippen molar-refractivity contribution in [2.45, 2.75) is 13.8 Å². The molecule has 0 bridgehead atoms. The second-order valence-electron chi connectivity index (χ2n) is 4.05. The molecular formula is C15H15NO3. The van der Waals surface area contributed by atoms with Crippen molar-refractivity contribution in [2.75, 3.05) is 6.61 Å². The molecule has 0 aliphatic heterocycles. The molecule has 0 amide bonds. The standard InChI is InChI=1S/C15H15NO3/c1-3-5-14(17)12-9-16-13-7-6-10(8-11(12)13)15(18)19-4-2/h3,5-9,16H,4H2,1-2H3/b5-3+. The maximum Gasteiger partial charge on any atom is 0.338 e. The Kier molecular flexibility index (Phi) is 3.80. The molecule has 2 aromatic rings. The van der Waals surface area contributed by atoms with Gasteiger partial charge in [-0.3, -0.25) is 4.79 Å². The van der Waals surface area contributed by atoms with Crippen molar-refractivity contribution in [1.82, 2.24) is 4.98 Å². The fraction of sp³-hybridized carbons (Fsp3) is 0.200. The van der Waals surface area contributed by atoms with Gasteiger partial charge in [0.25, 0.3) is 0 Å². The smallest absolute Gasteiger partial charge is 0.338 e. The van der Waals surface area contributed by atoms with Gasteiger partial charge >= 0.3 is 5.97 Å². The normalized spacial score (nSPS) is 11.1. The summed E-state index contributed by atoms with van der Waals surface area (Å²) in [5, 5.41) is 0.730. The molecule has 2 rings (SSSR count). The first-order chi connectivity index (χ1) is 9.17. The van der Waals surface area contributed by atoms with Gasteiger partial charge in [-0.15, -0.1) is 0 Å². The lowest BCUT2D eigenvalue weighted by Gasteiger charge is -2.02. The number of nitrogens with one attached hydrogen (secondary N) is 1. The summed E-state index contributed by atoms with van der Waals surface area (Å²) in [6.07, 6.45) is 4.85. The second-order valence-corrected chi connectivity index (χ2v) is 4.05. The molecule has 1 aromatic heterocycles. The Bertz CT molecular complexity index is 652. The molecule has 0 spiro atoms. The molecule has 4 heteroatoms. The number of aromatic amines is 1. The predicted molar refractivity (Wildman–Crippen MR) is 73.4 cm³/mol. The molecule has 0 unspecified atom stereocenters. The van der Waals surface area contributed by atoms with Gasteiger partial charge in [-0.1, -0.05) is 6.08 Å². The number of hydrogen-bond donors (Lipinski definition) is 1. The average Bonchev–Trinajstić information content (AvgIpc) is 2.82. The summed E-state index contributed by atoms with van der Waals surface area (Å²) in [4.78, 5) is 26.6. The molecule has 19 heavy (non-hydrogen) atoms. The van der Waals surface area contributed by atoms with Gasteiger partial charge in [0.05, 0.1) is 12.2 Å². The molecular weight excluding hydrogens is 242 g/mol. The summed E-state index contributed by atoms with van der Waals surface area (Å²) in [5.74, 6) is -0.468. The highest BCUT2D eigenvalue weighted by Gasteiger charge is 2.13. The first-order valence-corrected chi connectivity index (χ1v) is 6.12. The van der Waals surface area contributed by atoms with Gasteiger partial charge < -0.3 is 9.72 Å². The van der Waals surface area contributed by atoms with Crippen LogP contribution in [0.3, 0.4) is 0 Å². The summed E-state index contributed by atoms with van der Waals surface area (Å²) >= 11 is 0. The highest BCUT2D eigenvalue weighted by atomic mass is 16.5. The average molecular weight is 257 g/mol. The van der Waals surface area contributed by atoms with E-state index in [0.29, 0.717) is 17.7 Å². The third-order valence-corrected chi connectivity index (χ3v) is 2.78. The van der Waals surface area contributed by atoms with Crippen molar-refractivity contribution in [2.24, 2.45) is 0 Å². The summed E-state index contributed by atoms with van der Waals surface area (Å²) in [6.45, 7) is 3.87. The molecule has 0 aliphatic rings. The van der Waals surface area contributed by atoms with Crippen LogP contribution < -0.4 is 0 Å². The Balaban J connectivity index is 2.48. The van der Waals surface area contributed by atoms with Crippen LogP contribution in [0.4, 0.5) is 0 Å². The van der Waals surface area contributed by atoms with E-state index >= 15 is 0 Å². The number of ether oxygens (including phenoxy) is 1. The van der Waals surface area contributed by atoms with E-state index in [1.54, 1.807) is 44.3 Å². The van der Waals surface area contributed by atoms with Crippen LogP contribution in [-0.2, 0) is 4.74 Å². The molecule has 0 aliphatic carbocycles. The number of allylic oxidation sites excluding steroid dienone is 2. The largest absolute Gasteiger partial charge is 0.462 e. The number of H-pyrrole nitrogens is 1. The van der Waals surface area contributed by atoms with Gasteiger partial charge in [-0.05, 0) is 38.1 Å². The first kappa shape index (κ1) is 13.1. The predicted octanol–water partition coefficient (Wildman–Crippen LogP) is 3.10. The van der Waals surface area contributed by atoms with Crippen molar-refractivity contribution < 1.29 is 14.3 Å². The molecule has 4 nitrogen and oxygen atoms in total. The lowest BCUT2D eigenvalue weighted by atomic mass is 10.1. The Hall–Kier alpha value is -2.36. The van der Waals surface area contributed by atoms with Gasteiger partial charge in [-0.2, -0.15) is 0 Å². The Morgan fingerprint density at radius 2 is 2.16 bits per heavy atom. The zero-order valence-electron chi connectivity index (χ0n) is 10.9. The number of hydrogen-bond acceptors (Lipinski definition) is 3. The van der Waals surface area contributed by atoms with Crippen molar-refractivity contribution in [3.63, 3.8) is 0 Å². The third kappa shape index (κ3) is 2.57. The van der Waals surface area contributed by atoms with E-state index in [2.05, 4.69) is 4.98 Å². The molecule has 0 radical (unpaired) electrons. The zero-order valence-corrected chi connectivity index (χ0v) is 10.9. The minimum absolute atomic E-state index is 0.0882. The number of benzene rings is 1. The third-order valence-electron chi connectivity index (χ3n) is 2.78. The Morgan fingerprint density at radius 3 is 2.84 bits per heavy atom. The number of ketones is 1. The molecule has 1 N–H and O–H groups in total. The van der Waals surface area contributed by atoms with Crippen LogP contribution in [0.1, 0.15) is 34.6 Å². The van der Waals surface area contributed by atoms with Gasteiger partial charge in [0, 0.05) is 22.7 Å². The fourth-order valence-corrected chi connectivity index (χ4v) is 1.91. The van der Waals surface area contributed by atoms with Crippen LogP contribution in [0, 0.1) is 0 Å². The number of esters is 1. The zero-order chi connectivity index (χ0) is 13.8. The van der Waals surface area contributed by atoms with Crippen LogP contribution in [-0.4, -0.2) is 23.3 Å². The Labute approximate surface area is 111 Å². The van der Waals surface area contributed by atoms with Crippen molar-refractivity contribution >= 4 is 22.7 Å². The quantitative estimate of drug-likeness (QED) is 0.520. The summed E-state index contributed by atoms with van der Waals surface area (Å²) < 4.78 is 4.95. The van der Waals surface area contributed by atoms with E-state index < -0.39 is 0 Å². The van der Waals surface area contributed by atoms with E-state index in [1.165, 1.54) is 6.08 Å².